The number of carbonyl (C=O) groups excluding carboxylic acids is 1. The van der Waals surface area contributed by atoms with Crippen molar-refractivity contribution in [3.05, 3.63) is 104 Å². The summed E-state index contributed by atoms with van der Waals surface area (Å²) in [6, 6.07) is 18.4. The second kappa shape index (κ2) is 12.1. The maximum Gasteiger partial charge on any atom is 0.313 e. The van der Waals surface area contributed by atoms with Gasteiger partial charge in [-0.05, 0) is 43.2 Å². The van der Waals surface area contributed by atoms with Gasteiger partial charge in [-0.1, -0.05) is 61.2 Å². The smallest absolute Gasteiger partial charge is 0.313 e. The summed E-state index contributed by atoms with van der Waals surface area (Å²) in [5, 5.41) is 19.5. The van der Waals surface area contributed by atoms with Gasteiger partial charge in [0.1, 0.15) is 5.82 Å². The fourth-order valence-corrected chi connectivity index (χ4v) is 5.06. The topological polar surface area (TPSA) is 129 Å². The molecule has 0 atom stereocenters. The van der Waals surface area contributed by atoms with E-state index in [1.54, 1.807) is 42.5 Å². The number of para-hydroxylation sites is 2. The fraction of sp³-hybridized carbons (Fsp3) is 0.241. The minimum atomic E-state index is -0.648. The maximum absolute atomic E-state index is 13.5. The van der Waals surface area contributed by atoms with Crippen molar-refractivity contribution in [3.8, 4) is 5.75 Å². The summed E-state index contributed by atoms with van der Waals surface area (Å²) >= 11 is 6.20. The Bertz CT molecular complexity index is 1650. The van der Waals surface area contributed by atoms with Crippen LogP contribution in [0, 0.1) is 10.1 Å². The molecule has 10 nitrogen and oxygen atoms in total. The molecule has 1 heterocycles. The molecule has 4 aromatic rings. The predicted molar refractivity (Wildman–Crippen MR) is 153 cm³/mol. The van der Waals surface area contributed by atoms with Gasteiger partial charge >= 0.3 is 5.69 Å². The summed E-state index contributed by atoms with van der Waals surface area (Å²) in [5.74, 6) is -0.106. The van der Waals surface area contributed by atoms with Crippen LogP contribution in [0.4, 0.5) is 11.4 Å². The van der Waals surface area contributed by atoms with Crippen molar-refractivity contribution in [2.45, 2.75) is 38.0 Å². The Hall–Kier alpha value is -4.57. The van der Waals surface area contributed by atoms with Gasteiger partial charge < -0.3 is 10.1 Å². The summed E-state index contributed by atoms with van der Waals surface area (Å²) in [4.78, 5) is 42.0. The minimum absolute atomic E-state index is 0.0503. The first-order valence-corrected chi connectivity index (χ1v) is 13.3. The number of hydrogen-bond acceptors (Lipinski definition) is 7. The summed E-state index contributed by atoms with van der Waals surface area (Å²) in [6.07, 6.45) is 6.23. The van der Waals surface area contributed by atoms with Crippen LogP contribution < -0.4 is 15.6 Å². The van der Waals surface area contributed by atoms with Crippen LogP contribution in [0.3, 0.4) is 0 Å². The molecule has 1 saturated carbocycles. The molecule has 0 aliphatic heterocycles. The lowest BCUT2D eigenvalue weighted by Gasteiger charge is -2.22. The molecule has 1 fully saturated rings. The lowest BCUT2D eigenvalue weighted by Crippen LogP contribution is -2.25. The van der Waals surface area contributed by atoms with Gasteiger partial charge in [0, 0.05) is 28.3 Å². The maximum atomic E-state index is 13.5. The number of nitrogens with zero attached hydrogens (tertiary/aromatic N) is 4. The summed E-state index contributed by atoms with van der Waals surface area (Å²) in [5.41, 5.74) is 0.510. The Balaban J connectivity index is 1.53. The second-order valence-electron chi connectivity index (χ2n) is 9.49. The van der Waals surface area contributed by atoms with E-state index in [1.165, 1.54) is 17.0 Å². The molecule has 0 unspecified atom stereocenters. The zero-order chi connectivity index (χ0) is 28.1. The van der Waals surface area contributed by atoms with Gasteiger partial charge in [-0.25, -0.2) is 4.98 Å². The van der Waals surface area contributed by atoms with Gasteiger partial charge in [0.05, 0.1) is 22.0 Å². The minimum Gasteiger partial charge on any atom is -0.476 e. The first-order valence-electron chi connectivity index (χ1n) is 12.9. The number of ether oxygens (including phenoxy) is 1. The van der Waals surface area contributed by atoms with Crippen LogP contribution in [0.2, 0.25) is 5.02 Å². The van der Waals surface area contributed by atoms with Gasteiger partial charge in [-0.3, -0.25) is 19.7 Å². The highest BCUT2D eigenvalue weighted by molar-refractivity contribution is 6.31. The van der Waals surface area contributed by atoms with E-state index >= 15 is 0 Å². The molecule has 204 valence electrons. The fourth-order valence-electron chi connectivity index (χ4n) is 4.84. The molecule has 40 heavy (non-hydrogen) atoms. The largest absolute Gasteiger partial charge is 0.476 e. The van der Waals surface area contributed by atoms with Gasteiger partial charge in [0.25, 0.3) is 11.5 Å². The standard InChI is InChI=1S/C29H26ClN5O5/c30-21-15-20(27(25(16-21)35(38)39)40-18-26(36)32-22-11-5-2-6-12-22)17-31-34-28(19-9-3-1-4-10-19)33-24-14-8-7-13-23(24)29(34)37/h2,5-8,11-17,19H,1,3-4,9-10,18H2,(H,32,36). The monoisotopic (exact) mass is 559 g/mol. The molecule has 3 aromatic carbocycles. The molecule has 1 amide bonds. The Kier molecular flexibility index (Phi) is 8.16. The molecule has 1 aliphatic carbocycles. The highest BCUT2D eigenvalue weighted by Gasteiger charge is 2.24. The van der Waals surface area contributed by atoms with Crippen LogP contribution in [0.5, 0.6) is 5.75 Å². The number of amides is 1. The van der Waals surface area contributed by atoms with Crippen LogP contribution in [-0.4, -0.2) is 33.3 Å². The number of aromatic nitrogens is 2. The molecule has 1 aliphatic rings. The second-order valence-corrected chi connectivity index (χ2v) is 9.92. The number of anilines is 1. The van der Waals surface area contributed by atoms with Crippen LogP contribution in [-0.2, 0) is 4.79 Å². The number of fused-ring (bicyclic) bond motifs is 1. The van der Waals surface area contributed by atoms with Gasteiger partial charge in [0.2, 0.25) is 5.75 Å². The molecule has 1 N–H and O–H groups in total. The number of benzene rings is 3. The number of halogens is 1. The third-order valence-corrected chi connectivity index (χ3v) is 6.94. The van der Waals surface area contributed by atoms with E-state index in [0.717, 1.165) is 38.2 Å². The lowest BCUT2D eigenvalue weighted by molar-refractivity contribution is -0.385. The van der Waals surface area contributed by atoms with E-state index in [2.05, 4.69) is 10.4 Å². The number of hydrogen-bond donors (Lipinski definition) is 1. The summed E-state index contributed by atoms with van der Waals surface area (Å²) in [7, 11) is 0. The normalized spacial score (nSPS) is 13.9. The van der Waals surface area contributed by atoms with Crippen molar-refractivity contribution < 1.29 is 14.5 Å². The van der Waals surface area contributed by atoms with Crippen LogP contribution in [0.15, 0.2) is 76.6 Å². The number of rotatable bonds is 8. The number of nitro groups is 1. The Labute approximate surface area is 234 Å². The third kappa shape index (κ3) is 6.02. The van der Waals surface area contributed by atoms with Crippen molar-refractivity contribution in [3.63, 3.8) is 0 Å². The zero-order valence-electron chi connectivity index (χ0n) is 21.5. The highest BCUT2D eigenvalue weighted by Crippen LogP contribution is 2.35. The van der Waals surface area contributed by atoms with E-state index < -0.39 is 23.1 Å². The van der Waals surface area contributed by atoms with Crippen LogP contribution in [0.25, 0.3) is 10.9 Å². The van der Waals surface area contributed by atoms with Crippen molar-refractivity contribution in [1.29, 1.82) is 0 Å². The summed E-state index contributed by atoms with van der Waals surface area (Å²) < 4.78 is 6.91. The first-order chi connectivity index (χ1) is 19.4. The average Bonchev–Trinajstić information content (AvgIpc) is 2.96. The zero-order valence-corrected chi connectivity index (χ0v) is 22.2. The molecule has 11 heteroatoms. The van der Waals surface area contributed by atoms with E-state index in [4.69, 9.17) is 21.3 Å². The number of carbonyl (C=O) groups is 1. The number of nitro benzene ring substituents is 1. The molecular weight excluding hydrogens is 534 g/mol. The van der Waals surface area contributed by atoms with E-state index in [-0.39, 0.29) is 27.8 Å². The Morgan fingerprint density at radius 3 is 2.60 bits per heavy atom. The van der Waals surface area contributed by atoms with E-state index in [9.17, 15) is 19.7 Å². The lowest BCUT2D eigenvalue weighted by atomic mass is 9.88. The summed E-state index contributed by atoms with van der Waals surface area (Å²) in [6.45, 7) is -0.497. The molecule has 1 aromatic heterocycles. The Morgan fingerprint density at radius 1 is 1.12 bits per heavy atom. The molecule has 0 spiro atoms. The Morgan fingerprint density at radius 2 is 1.85 bits per heavy atom. The average molecular weight is 560 g/mol. The molecule has 5 rings (SSSR count). The molecule has 0 bridgehead atoms. The van der Waals surface area contributed by atoms with E-state index in [1.807, 2.05) is 12.1 Å². The van der Waals surface area contributed by atoms with Crippen molar-refractivity contribution in [1.82, 2.24) is 9.66 Å². The first kappa shape index (κ1) is 27.0. The van der Waals surface area contributed by atoms with Gasteiger partial charge in [-0.15, -0.1) is 0 Å². The van der Waals surface area contributed by atoms with Gasteiger partial charge in [-0.2, -0.15) is 9.78 Å². The van der Waals surface area contributed by atoms with E-state index in [0.29, 0.717) is 22.4 Å². The molecule has 0 radical (unpaired) electrons. The van der Waals surface area contributed by atoms with Crippen LogP contribution >= 0.6 is 11.6 Å². The highest BCUT2D eigenvalue weighted by atomic mass is 35.5. The molecule has 0 saturated heterocycles. The quantitative estimate of drug-likeness (QED) is 0.162. The predicted octanol–water partition coefficient (Wildman–Crippen LogP) is 5.91. The van der Waals surface area contributed by atoms with Crippen molar-refractivity contribution in [2.24, 2.45) is 5.10 Å². The van der Waals surface area contributed by atoms with Crippen molar-refractivity contribution >= 4 is 46.0 Å². The number of nitrogens with one attached hydrogen (secondary N) is 1. The van der Waals surface area contributed by atoms with Crippen molar-refractivity contribution in [2.75, 3.05) is 11.9 Å². The van der Waals surface area contributed by atoms with Gasteiger partial charge in [0.15, 0.2) is 6.61 Å². The SMILES string of the molecule is O=C(COc1c(C=Nn2c(C3CCCCC3)nc3ccccc3c2=O)cc(Cl)cc1[N+](=O)[O-])Nc1ccccc1. The third-order valence-electron chi connectivity index (χ3n) is 6.73. The van der Waals surface area contributed by atoms with Crippen LogP contribution in [0.1, 0.15) is 49.4 Å². The molecular formula is C29H26ClN5O5.